The Balaban J connectivity index is 2.30. The fraction of sp³-hybridized carbons (Fsp3) is 0.0909. The summed E-state index contributed by atoms with van der Waals surface area (Å²) in [4.78, 5) is 0. The van der Waals surface area contributed by atoms with Gasteiger partial charge in [-0.25, -0.2) is 8.42 Å². The van der Waals surface area contributed by atoms with E-state index in [0.717, 1.165) is 11.3 Å². The number of methoxy groups -OCH3 is 1. The molecule has 0 saturated heterocycles. The predicted octanol–water partition coefficient (Wildman–Crippen LogP) is 2.79. The van der Waals surface area contributed by atoms with Gasteiger partial charge in [-0.05, 0) is 24.3 Å². The second kappa shape index (κ2) is 5.28. The largest absolute Gasteiger partial charge is 0.497 e. The van der Waals surface area contributed by atoms with Crippen molar-refractivity contribution in [2.24, 2.45) is 0 Å². The lowest BCUT2D eigenvalue weighted by Crippen LogP contribution is -2.12. The molecule has 0 atom stereocenters. The summed E-state index contributed by atoms with van der Waals surface area (Å²) in [6.45, 7) is 0. The minimum Gasteiger partial charge on any atom is -0.497 e. The minimum absolute atomic E-state index is 0.132. The van der Waals surface area contributed by atoms with Crippen molar-refractivity contribution in [3.8, 4) is 5.75 Å². The van der Waals surface area contributed by atoms with Gasteiger partial charge >= 0.3 is 0 Å². The zero-order valence-corrected chi connectivity index (χ0v) is 12.3. The number of anilines is 2. The summed E-state index contributed by atoms with van der Waals surface area (Å²) in [6.07, 6.45) is 0. The molecular formula is C11H11ClN2O3S2. The first-order valence-corrected chi connectivity index (χ1v) is 7.82. The first-order chi connectivity index (χ1) is 8.92. The quantitative estimate of drug-likeness (QED) is 0.849. The highest BCUT2D eigenvalue weighted by molar-refractivity contribution is 7.94. The summed E-state index contributed by atoms with van der Waals surface area (Å²) in [5.41, 5.74) is 6.34. The van der Waals surface area contributed by atoms with Crippen molar-refractivity contribution < 1.29 is 13.2 Å². The molecule has 0 unspecified atom stereocenters. The summed E-state index contributed by atoms with van der Waals surface area (Å²) >= 11 is 6.70. The number of hydrogen-bond donors (Lipinski definition) is 2. The Bertz CT molecular complexity index is 698. The van der Waals surface area contributed by atoms with Crippen LogP contribution in [0.25, 0.3) is 0 Å². The summed E-state index contributed by atoms with van der Waals surface area (Å²) in [7, 11) is -2.17. The Labute approximate surface area is 120 Å². The predicted molar refractivity (Wildman–Crippen MR) is 77.5 cm³/mol. The standard InChI is InChI=1S/C11H11ClN2O3S2/c1-17-7-2-3-9(8(13)6-7)14-19(15,16)11-5-4-10(12)18-11/h2-6,14H,13H2,1H3. The fourth-order valence-electron chi connectivity index (χ4n) is 1.40. The average molecular weight is 319 g/mol. The van der Waals surface area contributed by atoms with Crippen LogP contribution in [0.3, 0.4) is 0 Å². The Hall–Kier alpha value is -1.44. The van der Waals surface area contributed by atoms with E-state index in [2.05, 4.69) is 4.72 Å². The maximum atomic E-state index is 12.1. The highest BCUT2D eigenvalue weighted by Crippen LogP contribution is 2.30. The van der Waals surface area contributed by atoms with E-state index in [1.807, 2.05) is 0 Å². The molecule has 3 N–H and O–H groups in total. The highest BCUT2D eigenvalue weighted by atomic mass is 35.5. The molecule has 102 valence electrons. The molecule has 0 radical (unpaired) electrons. The topological polar surface area (TPSA) is 81.4 Å². The molecule has 1 aromatic carbocycles. The lowest BCUT2D eigenvalue weighted by Gasteiger charge is -2.10. The van der Waals surface area contributed by atoms with Crippen molar-refractivity contribution >= 4 is 44.3 Å². The van der Waals surface area contributed by atoms with Gasteiger partial charge in [0.2, 0.25) is 0 Å². The van der Waals surface area contributed by atoms with Gasteiger partial charge in [0.15, 0.2) is 0 Å². The van der Waals surface area contributed by atoms with Crippen LogP contribution in [-0.2, 0) is 10.0 Å². The first-order valence-electron chi connectivity index (χ1n) is 5.14. The minimum atomic E-state index is -3.67. The van der Waals surface area contributed by atoms with E-state index in [9.17, 15) is 8.42 Å². The van der Waals surface area contributed by atoms with Crippen LogP contribution >= 0.6 is 22.9 Å². The number of rotatable bonds is 4. The van der Waals surface area contributed by atoms with Crippen molar-refractivity contribution in [1.29, 1.82) is 0 Å². The number of nitrogens with one attached hydrogen (secondary N) is 1. The summed E-state index contributed by atoms with van der Waals surface area (Å²) < 4.78 is 32.1. The number of thiophene rings is 1. The molecule has 0 bridgehead atoms. The van der Waals surface area contributed by atoms with Crippen LogP contribution in [0, 0.1) is 0 Å². The number of nitrogen functional groups attached to an aromatic ring is 1. The molecule has 0 aliphatic heterocycles. The van der Waals surface area contributed by atoms with Crippen molar-refractivity contribution in [1.82, 2.24) is 0 Å². The number of halogens is 1. The number of ether oxygens (including phenoxy) is 1. The molecular weight excluding hydrogens is 308 g/mol. The SMILES string of the molecule is COc1ccc(NS(=O)(=O)c2ccc(Cl)s2)c(N)c1. The summed E-state index contributed by atoms with van der Waals surface area (Å²) in [5, 5.41) is 0. The van der Waals surface area contributed by atoms with Gasteiger partial charge in [-0.2, -0.15) is 0 Å². The van der Waals surface area contributed by atoms with Crippen molar-refractivity contribution in [3.05, 3.63) is 34.7 Å². The maximum Gasteiger partial charge on any atom is 0.271 e. The van der Waals surface area contributed by atoms with E-state index in [4.69, 9.17) is 22.1 Å². The van der Waals surface area contributed by atoms with Gasteiger partial charge in [-0.3, -0.25) is 4.72 Å². The van der Waals surface area contributed by atoms with E-state index in [1.165, 1.54) is 19.2 Å². The monoisotopic (exact) mass is 318 g/mol. The summed E-state index contributed by atoms with van der Waals surface area (Å²) in [5.74, 6) is 0.555. The van der Waals surface area contributed by atoms with Crippen LogP contribution in [0.2, 0.25) is 4.34 Å². The molecule has 5 nitrogen and oxygen atoms in total. The van der Waals surface area contributed by atoms with Gasteiger partial charge in [-0.1, -0.05) is 11.6 Å². The van der Waals surface area contributed by atoms with Gasteiger partial charge in [-0.15, -0.1) is 11.3 Å². The number of hydrogen-bond acceptors (Lipinski definition) is 5. The van der Waals surface area contributed by atoms with E-state index in [1.54, 1.807) is 18.2 Å². The van der Waals surface area contributed by atoms with Crippen LogP contribution in [0.5, 0.6) is 5.75 Å². The number of sulfonamides is 1. The van der Waals surface area contributed by atoms with Crippen LogP contribution in [-0.4, -0.2) is 15.5 Å². The number of nitrogens with two attached hydrogens (primary N) is 1. The maximum absolute atomic E-state index is 12.1. The summed E-state index contributed by atoms with van der Waals surface area (Å²) in [6, 6.07) is 7.67. The van der Waals surface area contributed by atoms with Crippen LogP contribution in [0.4, 0.5) is 11.4 Å². The molecule has 0 fully saturated rings. The zero-order chi connectivity index (χ0) is 14.0. The van der Waals surface area contributed by atoms with E-state index < -0.39 is 10.0 Å². The molecule has 1 aromatic heterocycles. The lowest BCUT2D eigenvalue weighted by atomic mass is 10.2. The third kappa shape index (κ3) is 3.12. The lowest BCUT2D eigenvalue weighted by molar-refractivity contribution is 0.415. The van der Waals surface area contributed by atoms with Crippen LogP contribution < -0.4 is 15.2 Å². The van der Waals surface area contributed by atoms with Gasteiger partial charge in [0.05, 0.1) is 22.8 Å². The van der Waals surface area contributed by atoms with Gasteiger partial charge in [0, 0.05) is 6.07 Å². The molecule has 0 amide bonds. The van der Waals surface area contributed by atoms with E-state index in [-0.39, 0.29) is 9.90 Å². The zero-order valence-electron chi connectivity index (χ0n) is 9.88. The molecule has 0 saturated carbocycles. The molecule has 2 rings (SSSR count). The third-order valence-electron chi connectivity index (χ3n) is 2.32. The second-order valence-corrected chi connectivity index (χ2v) is 7.24. The van der Waals surface area contributed by atoms with Gasteiger partial charge in [0.25, 0.3) is 10.0 Å². The van der Waals surface area contributed by atoms with Crippen LogP contribution in [0.15, 0.2) is 34.5 Å². The van der Waals surface area contributed by atoms with Crippen molar-refractivity contribution in [3.63, 3.8) is 0 Å². The third-order valence-corrected chi connectivity index (χ3v) is 5.40. The normalized spacial score (nSPS) is 11.3. The van der Waals surface area contributed by atoms with Crippen molar-refractivity contribution in [2.75, 3.05) is 17.6 Å². The van der Waals surface area contributed by atoms with Gasteiger partial charge in [0.1, 0.15) is 9.96 Å². The fourth-order valence-corrected chi connectivity index (χ4v) is 3.97. The Morgan fingerprint density at radius 1 is 1.32 bits per heavy atom. The average Bonchev–Trinajstić information content (AvgIpc) is 2.79. The smallest absolute Gasteiger partial charge is 0.271 e. The highest BCUT2D eigenvalue weighted by Gasteiger charge is 2.18. The van der Waals surface area contributed by atoms with E-state index in [0.29, 0.717) is 15.8 Å². The van der Waals surface area contributed by atoms with Crippen molar-refractivity contribution in [2.45, 2.75) is 4.21 Å². The molecule has 2 aromatic rings. The Morgan fingerprint density at radius 2 is 2.05 bits per heavy atom. The molecule has 0 spiro atoms. The molecule has 1 heterocycles. The molecule has 19 heavy (non-hydrogen) atoms. The second-order valence-electron chi connectivity index (χ2n) is 3.62. The molecule has 8 heteroatoms. The number of benzene rings is 1. The molecule has 0 aliphatic rings. The van der Waals surface area contributed by atoms with E-state index >= 15 is 0 Å². The Kier molecular flexibility index (Phi) is 3.88. The van der Waals surface area contributed by atoms with Crippen LogP contribution in [0.1, 0.15) is 0 Å². The van der Waals surface area contributed by atoms with Gasteiger partial charge < -0.3 is 10.5 Å². The molecule has 0 aliphatic carbocycles. The Morgan fingerprint density at radius 3 is 2.58 bits per heavy atom. The first kappa shape index (κ1) is 14.0.